The average Bonchev–Trinajstić information content (AvgIpc) is 1.88. The first-order chi connectivity index (χ1) is 4.35. The molecule has 2 N–H and O–H groups in total. The van der Waals surface area contributed by atoms with E-state index >= 15 is 0 Å². The van der Waals surface area contributed by atoms with Crippen LogP contribution in [0.4, 0.5) is 0 Å². The van der Waals surface area contributed by atoms with Crippen molar-refractivity contribution in [1.82, 2.24) is 10.6 Å². The van der Waals surface area contributed by atoms with E-state index in [2.05, 4.69) is 10.6 Å². The minimum Gasteiger partial charge on any atom is -0.383 e. The van der Waals surface area contributed by atoms with Crippen molar-refractivity contribution in [1.29, 1.82) is 0 Å². The Labute approximate surface area is 56.8 Å². The molecule has 0 heterocycles. The Morgan fingerprint density at radius 3 is 2.44 bits per heavy atom. The van der Waals surface area contributed by atoms with Gasteiger partial charge in [0.05, 0.1) is 6.61 Å². The Morgan fingerprint density at radius 2 is 2.11 bits per heavy atom. The van der Waals surface area contributed by atoms with Crippen LogP contribution in [0.25, 0.3) is 0 Å². The summed E-state index contributed by atoms with van der Waals surface area (Å²) in [6.45, 7) is 1.71. The standard InChI is InChI=1S/C6H16N2O/c1-7-4-6(8-2)5-9-3/h6-8H,4-5H2,1-3H3. The second kappa shape index (κ2) is 6.01. The Hall–Kier alpha value is -0.120. The van der Waals surface area contributed by atoms with Crippen LogP contribution >= 0.6 is 0 Å². The maximum absolute atomic E-state index is 4.94. The lowest BCUT2D eigenvalue weighted by Gasteiger charge is -2.13. The molecule has 0 aromatic heterocycles. The van der Waals surface area contributed by atoms with Crippen molar-refractivity contribution in [3.05, 3.63) is 0 Å². The lowest BCUT2D eigenvalue weighted by molar-refractivity contribution is 0.169. The SMILES string of the molecule is CNCC(COC)NC. The van der Waals surface area contributed by atoms with Gasteiger partial charge in [-0.05, 0) is 14.1 Å². The fourth-order valence-corrected chi connectivity index (χ4v) is 0.692. The number of rotatable bonds is 5. The topological polar surface area (TPSA) is 33.3 Å². The minimum absolute atomic E-state index is 0.431. The normalized spacial score (nSPS) is 13.7. The van der Waals surface area contributed by atoms with Gasteiger partial charge >= 0.3 is 0 Å². The highest BCUT2D eigenvalue weighted by Gasteiger charge is 2.00. The van der Waals surface area contributed by atoms with Crippen molar-refractivity contribution < 1.29 is 4.74 Å². The summed E-state index contributed by atoms with van der Waals surface area (Å²) in [5.74, 6) is 0. The van der Waals surface area contributed by atoms with Gasteiger partial charge in [-0.1, -0.05) is 0 Å². The van der Waals surface area contributed by atoms with Crippen LogP contribution in [-0.2, 0) is 4.74 Å². The second-order valence-electron chi connectivity index (χ2n) is 2.00. The molecule has 3 nitrogen and oxygen atoms in total. The van der Waals surface area contributed by atoms with Gasteiger partial charge in [0, 0.05) is 19.7 Å². The zero-order chi connectivity index (χ0) is 7.11. The Balaban J connectivity index is 3.18. The predicted molar refractivity (Wildman–Crippen MR) is 38.7 cm³/mol. The molecule has 0 spiro atoms. The number of ether oxygens (including phenoxy) is 1. The zero-order valence-electron chi connectivity index (χ0n) is 6.40. The van der Waals surface area contributed by atoms with E-state index in [4.69, 9.17) is 4.74 Å². The first kappa shape index (κ1) is 8.88. The summed E-state index contributed by atoms with van der Waals surface area (Å²) in [5, 5.41) is 6.18. The van der Waals surface area contributed by atoms with Gasteiger partial charge in [-0.3, -0.25) is 0 Å². The average molecular weight is 132 g/mol. The molecule has 1 unspecified atom stereocenters. The maximum atomic E-state index is 4.94. The van der Waals surface area contributed by atoms with E-state index in [9.17, 15) is 0 Å². The van der Waals surface area contributed by atoms with Gasteiger partial charge in [0.2, 0.25) is 0 Å². The lowest BCUT2D eigenvalue weighted by atomic mass is 10.3. The van der Waals surface area contributed by atoms with Crippen LogP contribution in [0.1, 0.15) is 0 Å². The van der Waals surface area contributed by atoms with Crippen molar-refractivity contribution in [2.75, 3.05) is 34.4 Å². The van der Waals surface area contributed by atoms with Gasteiger partial charge in [0.15, 0.2) is 0 Å². The molecular formula is C6H16N2O. The van der Waals surface area contributed by atoms with E-state index in [1.54, 1.807) is 7.11 Å². The molecular weight excluding hydrogens is 116 g/mol. The van der Waals surface area contributed by atoms with Gasteiger partial charge in [-0.2, -0.15) is 0 Å². The van der Waals surface area contributed by atoms with E-state index in [-0.39, 0.29) is 0 Å². The van der Waals surface area contributed by atoms with Gasteiger partial charge in [-0.25, -0.2) is 0 Å². The summed E-state index contributed by atoms with van der Waals surface area (Å²) in [6, 6.07) is 0.431. The van der Waals surface area contributed by atoms with Crippen molar-refractivity contribution in [2.45, 2.75) is 6.04 Å². The minimum atomic E-state index is 0.431. The molecule has 0 aliphatic rings. The second-order valence-corrected chi connectivity index (χ2v) is 2.00. The van der Waals surface area contributed by atoms with Crippen LogP contribution in [0.3, 0.4) is 0 Å². The molecule has 0 aliphatic carbocycles. The van der Waals surface area contributed by atoms with Gasteiger partial charge < -0.3 is 15.4 Å². The molecule has 0 bridgehead atoms. The van der Waals surface area contributed by atoms with Crippen LogP contribution in [0.5, 0.6) is 0 Å². The van der Waals surface area contributed by atoms with E-state index in [1.807, 2.05) is 14.1 Å². The largest absolute Gasteiger partial charge is 0.383 e. The molecule has 0 aliphatic heterocycles. The third-order valence-corrected chi connectivity index (χ3v) is 1.23. The van der Waals surface area contributed by atoms with Gasteiger partial charge in [-0.15, -0.1) is 0 Å². The summed E-state index contributed by atoms with van der Waals surface area (Å²) in [6.07, 6.45) is 0. The Morgan fingerprint density at radius 1 is 1.44 bits per heavy atom. The monoisotopic (exact) mass is 132 g/mol. The third-order valence-electron chi connectivity index (χ3n) is 1.23. The smallest absolute Gasteiger partial charge is 0.0628 e. The summed E-state index contributed by atoms with van der Waals surface area (Å²) in [4.78, 5) is 0. The summed E-state index contributed by atoms with van der Waals surface area (Å²) in [7, 11) is 5.57. The van der Waals surface area contributed by atoms with Crippen LogP contribution < -0.4 is 10.6 Å². The molecule has 0 fully saturated rings. The molecule has 0 aromatic carbocycles. The zero-order valence-corrected chi connectivity index (χ0v) is 6.40. The number of nitrogens with one attached hydrogen (secondary N) is 2. The summed E-state index contributed by atoms with van der Waals surface area (Å²) < 4.78 is 4.94. The first-order valence-corrected chi connectivity index (χ1v) is 3.16. The molecule has 0 amide bonds. The van der Waals surface area contributed by atoms with Gasteiger partial charge in [0.25, 0.3) is 0 Å². The number of methoxy groups -OCH3 is 1. The lowest BCUT2D eigenvalue weighted by Crippen LogP contribution is -2.38. The first-order valence-electron chi connectivity index (χ1n) is 3.16. The molecule has 1 atom stereocenters. The van der Waals surface area contributed by atoms with Crippen LogP contribution in [0, 0.1) is 0 Å². The van der Waals surface area contributed by atoms with Crippen molar-refractivity contribution in [2.24, 2.45) is 0 Å². The predicted octanol–water partition coefficient (Wildman–Crippen LogP) is -0.560. The molecule has 0 saturated carbocycles. The fraction of sp³-hybridized carbons (Fsp3) is 1.00. The molecule has 0 rings (SSSR count). The number of hydrogen-bond donors (Lipinski definition) is 2. The van der Waals surface area contributed by atoms with E-state index < -0.39 is 0 Å². The quantitative estimate of drug-likeness (QED) is 0.526. The summed E-state index contributed by atoms with van der Waals surface area (Å²) >= 11 is 0. The summed E-state index contributed by atoms with van der Waals surface area (Å²) in [5.41, 5.74) is 0. The third kappa shape index (κ3) is 4.39. The Bertz CT molecular complexity index is 53.0. The van der Waals surface area contributed by atoms with E-state index in [1.165, 1.54) is 0 Å². The van der Waals surface area contributed by atoms with Gasteiger partial charge in [0.1, 0.15) is 0 Å². The number of hydrogen-bond acceptors (Lipinski definition) is 3. The molecule has 0 aromatic rings. The van der Waals surface area contributed by atoms with E-state index in [0.717, 1.165) is 13.2 Å². The van der Waals surface area contributed by atoms with Crippen LogP contribution in [0.2, 0.25) is 0 Å². The van der Waals surface area contributed by atoms with Crippen molar-refractivity contribution in [3.63, 3.8) is 0 Å². The Kier molecular flexibility index (Phi) is 5.93. The van der Waals surface area contributed by atoms with E-state index in [0.29, 0.717) is 6.04 Å². The highest BCUT2D eigenvalue weighted by atomic mass is 16.5. The highest BCUT2D eigenvalue weighted by molar-refractivity contribution is 4.64. The van der Waals surface area contributed by atoms with Crippen molar-refractivity contribution in [3.8, 4) is 0 Å². The van der Waals surface area contributed by atoms with Crippen LogP contribution in [0.15, 0.2) is 0 Å². The highest BCUT2D eigenvalue weighted by Crippen LogP contribution is 1.78. The molecule has 3 heteroatoms. The molecule has 56 valence electrons. The molecule has 9 heavy (non-hydrogen) atoms. The molecule has 0 saturated heterocycles. The number of likely N-dealkylation sites (N-methyl/N-ethyl adjacent to an activating group) is 2. The molecule has 0 radical (unpaired) electrons. The fourth-order valence-electron chi connectivity index (χ4n) is 0.692. The van der Waals surface area contributed by atoms with Crippen molar-refractivity contribution >= 4 is 0 Å². The van der Waals surface area contributed by atoms with Crippen LogP contribution in [-0.4, -0.2) is 40.4 Å². The maximum Gasteiger partial charge on any atom is 0.0628 e.